The van der Waals surface area contributed by atoms with Crippen LogP contribution < -0.4 is 10.5 Å². The lowest BCUT2D eigenvalue weighted by Gasteiger charge is -2.30. The van der Waals surface area contributed by atoms with Gasteiger partial charge in [0.25, 0.3) is 0 Å². The molecule has 1 atom stereocenters. The van der Waals surface area contributed by atoms with Crippen molar-refractivity contribution in [3.63, 3.8) is 0 Å². The summed E-state index contributed by atoms with van der Waals surface area (Å²) >= 11 is 1.55. The fraction of sp³-hybridized carbons (Fsp3) is 0.250. The molecule has 11 nitrogen and oxygen atoms in total. The van der Waals surface area contributed by atoms with Crippen LogP contribution in [0.15, 0.2) is 52.7 Å². The van der Waals surface area contributed by atoms with Crippen molar-refractivity contribution in [1.29, 1.82) is 0 Å². The van der Waals surface area contributed by atoms with Crippen LogP contribution in [0, 0.1) is 6.92 Å². The van der Waals surface area contributed by atoms with E-state index >= 15 is 0 Å². The average Bonchev–Trinajstić information content (AvgIpc) is 3.41. The smallest absolute Gasteiger partial charge is 0.470 e. The van der Waals surface area contributed by atoms with E-state index in [1.54, 1.807) is 48.0 Å². The molecule has 0 amide bonds. The third-order valence-electron chi connectivity index (χ3n) is 4.64. The van der Waals surface area contributed by atoms with E-state index in [0.717, 1.165) is 16.3 Å². The highest BCUT2D eigenvalue weighted by Gasteiger charge is 2.25. The highest BCUT2D eigenvalue weighted by atomic mass is 32.1. The Morgan fingerprint density at radius 1 is 1.36 bits per heavy atom. The highest BCUT2D eigenvalue weighted by molar-refractivity contribution is 7.46. The van der Waals surface area contributed by atoms with E-state index in [4.69, 9.17) is 24.8 Å². The number of hydrogen-bond donors (Lipinski definition) is 3. The van der Waals surface area contributed by atoms with Crippen molar-refractivity contribution in [3.05, 3.63) is 75.8 Å². The molecule has 33 heavy (non-hydrogen) atoms. The molecule has 1 unspecified atom stereocenters. The Hall–Kier alpha value is -2.86. The minimum Gasteiger partial charge on any atom is -0.470 e. The fourth-order valence-corrected chi connectivity index (χ4v) is 4.03. The van der Waals surface area contributed by atoms with Gasteiger partial charge in [-0.15, -0.1) is 11.3 Å². The molecule has 174 valence electrons. The Morgan fingerprint density at radius 3 is 2.91 bits per heavy atom. The quantitative estimate of drug-likeness (QED) is 0.378. The number of rotatable bonds is 9. The molecule has 0 radical (unpaired) electrons. The van der Waals surface area contributed by atoms with Gasteiger partial charge in [0.2, 0.25) is 5.88 Å². The minimum absolute atomic E-state index is 0.372. The molecule has 1 aliphatic rings. The number of phosphoric ester groups is 1. The second-order valence-corrected chi connectivity index (χ2v) is 9.39. The minimum atomic E-state index is -4.61. The maximum Gasteiger partial charge on any atom is 0.471 e. The highest BCUT2D eigenvalue weighted by Crippen LogP contribution is 2.36. The van der Waals surface area contributed by atoms with Gasteiger partial charge in [0, 0.05) is 47.6 Å². The fourth-order valence-electron chi connectivity index (χ4n) is 3.07. The van der Waals surface area contributed by atoms with Gasteiger partial charge in [0.15, 0.2) is 5.76 Å². The summed E-state index contributed by atoms with van der Waals surface area (Å²) in [5.41, 5.74) is 9.37. The molecule has 0 aliphatic carbocycles. The number of aromatic nitrogens is 3. The number of ether oxygens (including phenoxy) is 1. The molecule has 0 aromatic carbocycles. The first-order chi connectivity index (χ1) is 15.8. The van der Waals surface area contributed by atoms with Crippen LogP contribution in [0.25, 0.3) is 5.57 Å². The number of allylic oxidation sites excluding steroid dienone is 2. The molecule has 4 N–H and O–H groups in total. The summed E-state index contributed by atoms with van der Waals surface area (Å²) in [5.74, 6) is 0.963. The number of phosphoric acid groups is 1. The van der Waals surface area contributed by atoms with Crippen LogP contribution in [0.1, 0.15) is 27.7 Å². The molecule has 0 bridgehead atoms. The molecule has 0 saturated heterocycles. The summed E-state index contributed by atoms with van der Waals surface area (Å²) in [5, 5.41) is 6.96. The first-order valence-corrected chi connectivity index (χ1v) is 12.2. The van der Waals surface area contributed by atoms with Crippen molar-refractivity contribution in [2.24, 2.45) is 5.73 Å². The van der Waals surface area contributed by atoms with E-state index in [1.165, 1.54) is 4.90 Å². The molecule has 4 heterocycles. The average molecular weight is 491 g/mol. The molecule has 0 fully saturated rings. The lowest BCUT2D eigenvalue weighted by molar-refractivity contribution is 0.110. The van der Waals surface area contributed by atoms with Crippen molar-refractivity contribution in [3.8, 4) is 5.88 Å². The summed E-state index contributed by atoms with van der Waals surface area (Å²) in [6.45, 7) is 1.94. The number of hydrogen-bond acceptors (Lipinski definition) is 10. The molecule has 3 aromatic rings. The van der Waals surface area contributed by atoms with E-state index in [9.17, 15) is 4.57 Å². The van der Waals surface area contributed by atoms with Crippen LogP contribution in [-0.2, 0) is 22.1 Å². The number of pyridine rings is 1. The molecule has 1 aliphatic heterocycles. The number of nitrogens with two attached hydrogens (primary N) is 1. The Morgan fingerprint density at radius 2 is 2.21 bits per heavy atom. The van der Waals surface area contributed by atoms with Crippen molar-refractivity contribution >= 4 is 24.7 Å². The molecule has 13 heteroatoms. The zero-order chi connectivity index (χ0) is 23.4. The van der Waals surface area contributed by atoms with Crippen molar-refractivity contribution in [1.82, 2.24) is 20.0 Å². The lowest BCUT2D eigenvalue weighted by atomic mass is 10.1. The van der Waals surface area contributed by atoms with Crippen LogP contribution >= 0.6 is 19.2 Å². The lowest BCUT2D eigenvalue weighted by Crippen LogP contribution is -2.41. The zero-order valence-electron chi connectivity index (χ0n) is 17.6. The van der Waals surface area contributed by atoms with Crippen molar-refractivity contribution in [2.45, 2.75) is 26.1 Å². The van der Waals surface area contributed by atoms with E-state index in [0.29, 0.717) is 35.9 Å². The second-order valence-electron chi connectivity index (χ2n) is 7.21. The van der Waals surface area contributed by atoms with Gasteiger partial charge in [-0.3, -0.25) is 4.52 Å². The molecule has 0 saturated carbocycles. The van der Waals surface area contributed by atoms with Crippen molar-refractivity contribution in [2.75, 3.05) is 6.73 Å². The van der Waals surface area contributed by atoms with Gasteiger partial charge in [0.1, 0.15) is 24.5 Å². The summed E-state index contributed by atoms with van der Waals surface area (Å²) in [6.07, 6.45) is 6.49. The van der Waals surface area contributed by atoms with Crippen LogP contribution in [0.5, 0.6) is 5.88 Å². The third-order valence-corrected chi connectivity index (χ3v) is 6.03. The maximum atomic E-state index is 11.0. The standard InChI is InChI=1S/C20H22N5O6PS/c1-13-11-33-19(23-13)10-29-18-5-4-14(9-22-18)7-15-8-17(31-24-15)16-3-2-6-25(20(16)21)12-30-32(26,27)28/h2-6,8-9,11,20H,7,10,12,21H2,1H3,(H2,26,27,28). The van der Waals surface area contributed by atoms with Crippen LogP contribution in [-0.4, -0.2) is 42.7 Å². The molecular weight excluding hydrogens is 469 g/mol. The third kappa shape index (κ3) is 6.35. The van der Waals surface area contributed by atoms with Gasteiger partial charge in [-0.1, -0.05) is 17.3 Å². The SMILES string of the molecule is Cc1csc(COc2ccc(Cc3cc(C4=CC=CN(COP(=O)(O)O)C4N)on3)cn2)n1. The normalized spacial score (nSPS) is 16.2. The summed E-state index contributed by atoms with van der Waals surface area (Å²) in [4.78, 5) is 27.9. The van der Waals surface area contributed by atoms with E-state index in [2.05, 4.69) is 19.6 Å². The van der Waals surface area contributed by atoms with Gasteiger partial charge < -0.3 is 29.7 Å². The summed E-state index contributed by atoms with van der Waals surface area (Å²) in [7, 11) is -4.61. The van der Waals surface area contributed by atoms with Crippen LogP contribution in [0.2, 0.25) is 0 Å². The number of aryl methyl sites for hydroxylation is 1. The predicted octanol–water partition coefficient (Wildman–Crippen LogP) is 2.57. The largest absolute Gasteiger partial charge is 0.471 e. The zero-order valence-corrected chi connectivity index (χ0v) is 19.3. The van der Waals surface area contributed by atoms with E-state index in [-0.39, 0.29) is 6.73 Å². The first kappa shape index (κ1) is 23.3. The Bertz CT molecular complexity index is 1200. The maximum absolute atomic E-state index is 11.0. The summed E-state index contributed by atoms with van der Waals surface area (Å²) < 4.78 is 26.6. The van der Waals surface area contributed by atoms with Gasteiger partial charge in [0.05, 0.1) is 5.69 Å². The first-order valence-electron chi connectivity index (χ1n) is 9.81. The molecular formula is C20H22N5O6PS. The van der Waals surface area contributed by atoms with Crippen LogP contribution in [0.3, 0.4) is 0 Å². The Kier molecular flexibility index (Phi) is 7.03. The Labute approximate surface area is 193 Å². The van der Waals surface area contributed by atoms with Gasteiger partial charge in [-0.25, -0.2) is 14.5 Å². The Balaban J connectivity index is 1.35. The second kappa shape index (κ2) is 9.96. The molecule has 0 spiro atoms. The van der Waals surface area contributed by atoms with Gasteiger partial charge >= 0.3 is 7.82 Å². The summed E-state index contributed by atoms with van der Waals surface area (Å²) in [6, 6.07) is 5.46. The number of nitrogens with zero attached hydrogens (tertiary/aromatic N) is 4. The van der Waals surface area contributed by atoms with E-state index < -0.39 is 14.0 Å². The molecule has 4 rings (SSSR count). The monoisotopic (exact) mass is 491 g/mol. The van der Waals surface area contributed by atoms with Crippen LogP contribution in [0.4, 0.5) is 0 Å². The van der Waals surface area contributed by atoms with Crippen molar-refractivity contribution < 1.29 is 28.1 Å². The van der Waals surface area contributed by atoms with Gasteiger partial charge in [-0.2, -0.15) is 0 Å². The van der Waals surface area contributed by atoms with E-state index in [1.807, 2.05) is 18.4 Å². The number of thiazole rings is 1. The topological polar surface area (TPSA) is 157 Å². The van der Waals surface area contributed by atoms with Gasteiger partial charge in [-0.05, 0) is 18.6 Å². The predicted molar refractivity (Wildman–Crippen MR) is 120 cm³/mol. The molecule has 3 aromatic heterocycles.